The fourth-order valence-corrected chi connectivity index (χ4v) is 2.83. The van der Waals surface area contributed by atoms with Crippen LogP contribution in [0, 0.1) is 64.2 Å². The molecule has 15 heteroatoms. The van der Waals surface area contributed by atoms with Crippen LogP contribution in [0.25, 0.3) is 0 Å². The Balaban J connectivity index is 0. The molecule has 0 heterocycles. The van der Waals surface area contributed by atoms with Gasteiger partial charge in [-0.2, -0.15) is 6.08 Å². The van der Waals surface area contributed by atoms with Crippen molar-refractivity contribution in [3.63, 3.8) is 0 Å². The van der Waals surface area contributed by atoms with E-state index >= 15 is 0 Å². The summed E-state index contributed by atoms with van der Waals surface area (Å²) in [6.45, 7) is -2.53. The van der Waals surface area contributed by atoms with E-state index in [4.69, 9.17) is 0 Å². The van der Waals surface area contributed by atoms with Crippen molar-refractivity contribution >= 4 is 54.9 Å². The zero-order valence-corrected chi connectivity index (χ0v) is 19.9. The molecule has 1 aliphatic rings. The molecule has 2 aromatic rings. The molecule has 174 valence electrons. The SMILES string of the molecule is Cl.Cl.Cl.Fc1c(F)c(F)c(B(C2=[C-]CC=C2)c2c(F)c(F)c(F)c(F)c2F)c(F)c1F.[Zr]. The maximum absolute atomic E-state index is 14.2. The van der Waals surface area contributed by atoms with Gasteiger partial charge in [0.05, 0.1) is 0 Å². The molecule has 0 fully saturated rings. The van der Waals surface area contributed by atoms with Gasteiger partial charge in [0, 0.05) is 37.1 Å². The van der Waals surface area contributed by atoms with Crippen LogP contribution in [0.1, 0.15) is 6.42 Å². The first-order valence-corrected chi connectivity index (χ1v) is 7.39. The molecule has 0 N–H and O–H groups in total. The number of benzene rings is 2. The van der Waals surface area contributed by atoms with E-state index in [1.807, 2.05) is 0 Å². The summed E-state index contributed by atoms with van der Waals surface area (Å²) in [6, 6.07) is 0. The van der Waals surface area contributed by atoms with Crippen molar-refractivity contribution in [2.75, 3.05) is 0 Å². The Morgan fingerprint density at radius 1 is 0.531 bits per heavy atom. The molecular weight excluding hydrogens is 603 g/mol. The third-order valence-corrected chi connectivity index (χ3v) is 4.10. The molecule has 3 rings (SSSR count). The zero-order valence-electron chi connectivity index (χ0n) is 14.9. The summed E-state index contributed by atoms with van der Waals surface area (Å²) in [7, 11) is 0. The molecule has 0 saturated heterocycles. The Morgan fingerprint density at radius 2 is 0.812 bits per heavy atom. The minimum Gasteiger partial charge on any atom is -0.278 e. The Hall–Kier alpha value is -0.962. The summed E-state index contributed by atoms with van der Waals surface area (Å²) in [5.41, 5.74) is -4.08. The molecule has 0 unspecified atom stereocenters. The van der Waals surface area contributed by atoms with Crippen molar-refractivity contribution in [1.82, 2.24) is 0 Å². The average molecular weight is 610 g/mol. The quantitative estimate of drug-likeness (QED) is 0.148. The van der Waals surface area contributed by atoms with E-state index in [1.165, 1.54) is 6.08 Å². The molecule has 0 atom stereocenters. The maximum Gasteiger partial charge on any atom is 0.221 e. The average Bonchev–Trinajstić information content (AvgIpc) is 3.21. The third kappa shape index (κ3) is 5.23. The van der Waals surface area contributed by atoms with Crippen LogP contribution in [0.3, 0.4) is 0 Å². The zero-order chi connectivity index (χ0) is 20.9. The second-order valence-electron chi connectivity index (χ2n) is 5.64. The molecule has 0 bridgehead atoms. The molecule has 0 spiro atoms. The summed E-state index contributed by atoms with van der Waals surface area (Å²) in [4.78, 5) is 0. The van der Waals surface area contributed by atoms with Crippen molar-refractivity contribution in [3.05, 3.63) is 81.9 Å². The maximum atomic E-state index is 14.2. The minimum absolute atomic E-state index is 0. The Bertz CT molecular complexity index is 950. The smallest absolute Gasteiger partial charge is 0.221 e. The minimum atomic E-state index is -2.55. The fraction of sp³-hybridized carbons (Fsp3) is 0.0588. The van der Waals surface area contributed by atoms with Gasteiger partial charge in [-0.1, -0.05) is 0 Å². The van der Waals surface area contributed by atoms with Gasteiger partial charge in [-0.05, 0) is 0 Å². The van der Waals surface area contributed by atoms with E-state index in [0.29, 0.717) is 0 Å². The normalized spacial score (nSPS) is 11.6. The van der Waals surface area contributed by atoms with Gasteiger partial charge in [0.2, 0.25) is 6.71 Å². The molecule has 0 amide bonds. The predicted octanol–water partition coefficient (Wildman–Crippen LogP) is 5.18. The van der Waals surface area contributed by atoms with Crippen LogP contribution in [0.5, 0.6) is 0 Å². The predicted molar refractivity (Wildman–Crippen MR) is 99.7 cm³/mol. The van der Waals surface area contributed by atoms with Crippen molar-refractivity contribution in [1.29, 1.82) is 0 Å². The van der Waals surface area contributed by atoms with E-state index < -0.39 is 81.3 Å². The summed E-state index contributed by atoms with van der Waals surface area (Å²) < 4.78 is 138. The largest absolute Gasteiger partial charge is 0.278 e. The molecule has 1 aliphatic carbocycles. The van der Waals surface area contributed by atoms with E-state index in [9.17, 15) is 43.9 Å². The standard InChI is InChI=1S/C17H4BF10.3ClH.Zr/c19-8-6(9(20)13(24)16(27)12(8)23)18(5-3-1-2-4-5)7-10(21)14(25)17(28)15(26)11(7)22;;;;/h1,3H,2H2;3*1H;/q-1;;;;. The topological polar surface area (TPSA) is 0 Å². The van der Waals surface area contributed by atoms with Crippen LogP contribution in [-0.4, -0.2) is 6.71 Å². The van der Waals surface area contributed by atoms with Crippen LogP contribution in [0.15, 0.2) is 17.6 Å². The van der Waals surface area contributed by atoms with Crippen LogP contribution in [0.4, 0.5) is 43.9 Å². The van der Waals surface area contributed by atoms with Gasteiger partial charge in [0.25, 0.3) is 0 Å². The Labute approximate surface area is 212 Å². The van der Waals surface area contributed by atoms with Crippen LogP contribution < -0.4 is 10.9 Å². The van der Waals surface area contributed by atoms with Crippen LogP contribution in [0.2, 0.25) is 0 Å². The van der Waals surface area contributed by atoms with E-state index in [2.05, 4.69) is 6.08 Å². The van der Waals surface area contributed by atoms with Gasteiger partial charge in [-0.15, -0.1) is 43.6 Å². The number of hydrogen-bond donors (Lipinski definition) is 0. The summed E-state index contributed by atoms with van der Waals surface area (Å²) in [5.74, 6) is -24.7. The second-order valence-corrected chi connectivity index (χ2v) is 5.64. The first-order valence-electron chi connectivity index (χ1n) is 7.39. The van der Waals surface area contributed by atoms with E-state index in [0.717, 1.165) is 6.08 Å². The van der Waals surface area contributed by atoms with Crippen molar-refractivity contribution in [2.24, 2.45) is 0 Å². The molecule has 0 radical (unpaired) electrons. The van der Waals surface area contributed by atoms with Gasteiger partial charge < -0.3 is 0 Å². The van der Waals surface area contributed by atoms with Crippen LogP contribution in [-0.2, 0) is 26.2 Å². The summed E-state index contributed by atoms with van der Waals surface area (Å²) >= 11 is 0. The first kappa shape index (κ1) is 33.2. The number of rotatable bonds is 3. The van der Waals surface area contributed by atoms with Gasteiger partial charge in [-0.3, -0.25) is 6.08 Å². The monoisotopic (exact) mass is 607 g/mol. The van der Waals surface area contributed by atoms with Crippen LogP contribution >= 0.6 is 37.2 Å². The molecule has 2 aromatic carbocycles. The Morgan fingerprint density at radius 3 is 1.06 bits per heavy atom. The number of halogens is 13. The van der Waals surface area contributed by atoms with Gasteiger partial charge in [0.1, 0.15) is 0 Å². The summed E-state index contributed by atoms with van der Waals surface area (Å²) in [5, 5.41) is 0. The van der Waals surface area contributed by atoms with E-state index in [1.54, 1.807) is 0 Å². The number of allylic oxidation sites excluding steroid dienone is 4. The van der Waals surface area contributed by atoms with E-state index in [-0.39, 0.29) is 69.8 Å². The van der Waals surface area contributed by atoms with Gasteiger partial charge in [-0.25, -0.2) is 55.5 Å². The molecule has 0 aromatic heterocycles. The molecule has 0 saturated carbocycles. The van der Waals surface area contributed by atoms with Gasteiger partial charge >= 0.3 is 0 Å². The molecule has 32 heavy (non-hydrogen) atoms. The van der Waals surface area contributed by atoms with Gasteiger partial charge in [0.15, 0.2) is 58.2 Å². The summed E-state index contributed by atoms with van der Waals surface area (Å²) in [6.07, 6.45) is 4.44. The first-order chi connectivity index (χ1) is 13.1. The second kappa shape index (κ2) is 12.5. The fourth-order valence-electron chi connectivity index (χ4n) is 2.83. The Kier molecular flexibility index (Phi) is 13.0. The number of hydrogen-bond acceptors (Lipinski definition) is 0. The molecule has 0 aliphatic heterocycles. The molecular formula is C17H7BCl3F10Zr-. The van der Waals surface area contributed by atoms with Crippen molar-refractivity contribution in [2.45, 2.75) is 6.42 Å². The van der Waals surface area contributed by atoms with Crippen molar-refractivity contribution < 1.29 is 70.1 Å². The third-order valence-electron chi connectivity index (χ3n) is 4.10. The molecule has 0 nitrogen and oxygen atoms in total. The van der Waals surface area contributed by atoms with Crippen molar-refractivity contribution in [3.8, 4) is 0 Å².